The number of ether oxygens (including phenoxy) is 1. The average Bonchev–Trinajstić information content (AvgIpc) is 3.33. The Hall–Kier alpha value is -4.32. The van der Waals surface area contributed by atoms with Crippen molar-refractivity contribution in [2.24, 2.45) is 0 Å². The summed E-state index contributed by atoms with van der Waals surface area (Å²) in [6, 6.07) is 30.7. The molecule has 6 heteroatoms. The molecule has 0 atom stereocenters. The van der Waals surface area contributed by atoms with E-state index in [-0.39, 0.29) is 0 Å². The van der Waals surface area contributed by atoms with Crippen molar-refractivity contribution in [1.82, 2.24) is 4.98 Å². The summed E-state index contributed by atoms with van der Waals surface area (Å²) in [7, 11) is 0. The number of para-hydroxylation sites is 3. The van der Waals surface area contributed by atoms with Crippen LogP contribution in [-0.2, 0) is 17.8 Å². The lowest BCUT2D eigenvalue weighted by molar-refractivity contribution is -0.152. The fourth-order valence-corrected chi connectivity index (χ4v) is 4.46. The van der Waals surface area contributed by atoms with Gasteiger partial charge in [-0.1, -0.05) is 72.8 Å². The van der Waals surface area contributed by atoms with Crippen molar-refractivity contribution >= 4 is 33.9 Å². The molecule has 5 rings (SSSR count). The Balaban J connectivity index is 1.39. The minimum absolute atomic E-state index is 0.589. The van der Waals surface area contributed by atoms with Gasteiger partial charge in [0.15, 0.2) is 11.2 Å². The highest BCUT2D eigenvalue weighted by atomic mass is 16.5. The molecule has 0 aliphatic heterocycles. The molecule has 0 saturated heterocycles. The molecular formula is C31H30N2O4. The molecule has 0 unspecified atom stereocenters. The van der Waals surface area contributed by atoms with Gasteiger partial charge < -0.3 is 19.2 Å². The van der Waals surface area contributed by atoms with Gasteiger partial charge in [-0.25, -0.2) is 4.79 Å². The fourth-order valence-electron chi connectivity index (χ4n) is 4.46. The van der Waals surface area contributed by atoms with Gasteiger partial charge in [-0.15, -0.1) is 0 Å². The zero-order valence-electron chi connectivity index (χ0n) is 21.1. The van der Waals surface area contributed by atoms with Crippen LogP contribution in [0.3, 0.4) is 0 Å². The van der Waals surface area contributed by atoms with E-state index in [4.69, 9.17) is 14.1 Å². The van der Waals surface area contributed by atoms with Gasteiger partial charge >= 0.3 is 5.97 Å². The number of nitrogens with zero attached hydrogens (tertiary/aromatic N) is 2. The molecule has 0 fully saturated rings. The molecule has 5 aromatic rings. The number of hydrogen-bond acceptors (Lipinski definition) is 5. The van der Waals surface area contributed by atoms with E-state index in [1.54, 1.807) is 13.8 Å². The lowest BCUT2D eigenvalue weighted by Crippen LogP contribution is -2.38. The Morgan fingerprint density at radius 3 is 2.46 bits per heavy atom. The first kappa shape index (κ1) is 24.4. The van der Waals surface area contributed by atoms with Crippen molar-refractivity contribution in [3.05, 3.63) is 102 Å². The Morgan fingerprint density at radius 2 is 1.62 bits per heavy atom. The Kier molecular flexibility index (Phi) is 6.82. The molecule has 0 amide bonds. The molecule has 0 saturated carbocycles. The minimum Gasteiger partial charge on any atom is -0.478 e. The van der Waals surface area contributed by atoms with E-state index < -0.39 is 11.6 Å². The molecular weight excluding hydrogens is 464 g/mol. The van der Waals surface area contributed by atoms with Crippen LogP contribution in [0.5, 0.6) is 5.75 Å². The van der Waals surface area contributed by atoms with Crippen LogP contribution < -0.4 is 9.64 Å². The smallest absolute Gasteiger partial charge is 0.347 e. The predicted molar refractivity (Wildman–Crippen MR) is 146 cm³/mol. The molecule has 1 aromatic heterocycles. The van der Waals surface area contributed by atoms with Crippen LogP contribution in [0.2, 0.25) is 0 Å². The van der Waals surface area contributed by atoms with Crippen molar-refractivity contribution in [3.8, 4) is 5.75 Å². The monoisotopic (exact) mass is 494 g/mol. The molecule has 188 valence electrons. The summed E-state index contributed by atoms with van der Waals surface area (Å²) in [5, 5.41) is 11.9. The lowest BCUT2D eigenvalue weighted by Gasteiger charge is -2.24. The highest BCUT2D eigenvalue weighted by Crippen LogP contribution is 2.28. The Bertz CT molecular complexity index is 1500. The minimum atomic E-state index is -1.31. The number of carboxylic acid groups (broad SMARTS) is 1. The van der Waals surface area contributed by atoms with Crippen LogP contribution in [-0.4, -0.2) is 28.2 Å². The van der Waals surface area contributed by atoms with E-state index in [0.717, 1.165) is 29.5 Å². The van der Waals surface area contributed by atoms with Gasteiger partial charge in [-0.3, -0.25) is 0 Å². The number of hydrogen-bond donors (Lipinski definition) is 1. The first-order valence-electron chi connectivity index (χ1n) is 12.5. The zero-order valence-corrected chi connectivity index (χ0v) is 21.1. The molecule has 0 radical (unpaired) electrons. The Labute approximate surface area is 216 Å². The van der Waals surface area contributed by atoms with E-state index in [9.17, 15) is 9.90 Å². The van der Waals surface area contributed by atoms with Gasteiger partial charge in [0.05, 0.1) is 0 Å². The largest absolute Gasteiger partial charge is 0.478 e. The van der Waals surface area contributed by atoms with Crippen LogP contribution in [0.25, 0.3) is 21.9 Å². The number of rotatable bonds is 10. The Morgan fingerprint density at radius 1 is 0.919 bits per heavy atom. The number of carboxylic acids is 1. The first-order valence-corrected chi connectivity index (χ1v) is 12.5. The molecule has 0 aliphatic carbocycles. The maximum atomic E-state index is 11.6. The number of aromatic nitrogens is 1. The van der Waals surface area contributed by atoms with E-state index in [0.29, 0.717) is 24.9 Å². The molecule has 37 heavy (non-hydrogen) atoms. The number of fused-ring (bicyclic) bond motifs is 2. The number of aryl methyl sites for hydroxylation is 1. The average molecular weight is 495 g/mol. The molecule has 6 nitrogen and oxygen atoms in total. The number of benzene rings is 4. The molecule has 1 N–H and O–H groups in total. The second kappa shape index (κ2) is 10.3. The standard InChI is InChI=1S/C31H30N2O4/c1-31(2,29(34)35)37-27-18-7-4-12-23(27)15-10-20-33(30-32-26-17-6-8-19-28(26)36-30)21-24-14-9-13-22-11-3-5-16-25(22)24/h3-9,11-14,16-19H,10,15,20-21H2,1-2H3,(H,34,35). The van der Waals surface area contributed by atoms with Crippen molar-refractivity contribution in [3.63, 3.8) is 0 Å². The van der Waals surface area contributed by atoms with Crippen molar-refractivity contribution in [1.29, 1.82) is 0 Å². The summed E-state index contributed by atoms with van der Waals surface area (Å²) in [6.07, 6.45) is 1.52. The van der Waals surface area contributed by atoms with Crippen LogP contribution in [0, 0.1) is 0 Å². The van der Waals surface area contributed by atoms with Gasteiger partial charge in [-0.2, -0.15) is 4.98 Å². The van der Waals surface area contributed by atoms with E-state index in [1.807, 2.05) is 48.5 Å². The quantitative estimate of drug-likeness (QED) is 0.229. The molecule has 0 bridgehead atoms. The third-order valence-corrected chi connectivity index (χ3v) is 6.52. The van der Waals surface area contributed by atoms with Gasteiger partial charge in [-0.05, 0) is 66.8 Å². The number of oxazole rings is 1. The third kappa shape index (κ3) is 5.43. The van der Waals surface area contributed by atoms with Gasteiger partial charge in [0, 0.05) is 13.1 Å². The van der Waals surface area contributed by atoms with Crippen LogP contribution in [0.4, 0.5) is 6.01 Å². The molecule has 4 aromatic carbocycles. The van der Waals surface area contributed by atoms with Crippen molar-refractivity contribution in [2.75, 3.05) is 11.4 Å². The van der Waals surface area contributed by atoms with Crippen LogP contribution >= 0.6 is 0 Å². The van der Waals surface area contributed by atoms with Gasteiger partial charge in [0.25, 0.3) is 6.01 Å². The van der Waals surface area contributed by atoms with E-state index >= 15 is 0 Å². The lowest BCUT2D eigenvalue weighted by atomic mass is 10.0. The number of aliphatic carboxylic acids is 1. The zero-order chi connectivity index (χ0) is 25.8. The summed E-state index contributed by atoms with van der Waals surface area (Å²) in [5.41, 5.74) is 2.45. The van der Waals surface area contributed by atoms with Gasteiger partial charge in [0.2, 0.25) is 0 Å². The van der Waals surface area contributed by atoms with Gasteiger partial charge in [0.1, 0.15) is 11.3 Å². The van der Waals surface area contributed by atoms with Crippen molar-refractivity contribution in [2.45, 2.75) is 38.8 Å². The van der Waals surface area contributed by atoms with E-state index in [2.05, 4.69) is 47.4 Å². The van der Waals surface area contributed by atoms with E-state index in [1.165, 1.54) is 16.3 Å². The maximum Gasteiger partial charge on any atom is 0.347 e. The second-order valence-electron chi connectivity index (χ2n) is 9.65. The van der Waals surface area contributed by atoms with Crippen LogP contribution in [0.15, 0.2) is 95.4 Å². The van der Waals surface area contributed by atoms with Crippen molar-refractivity contribution < 1.29 is 19.1 Å². The normalized spacial score (nSPS) is 11.6. The molecule has 0 spiro atoms. The second-order valence-corrected chi connectivity index (χ2v) is 9.65. The maximum absolute atomic E-state index is 11.6. The highest BCUT2D eigenvalue weighted by molar-refractivity contribution is 5.86. The summed E-state index contributed by atoms with van der Waals surface area (Å²) in [6.45, 7) is 4.47. The summed E-state index contributed by atoms with van der Waals surface area (Å²) < 4.78 is 12.0. The summed E-state index contributed by atoms with van der Waals surface area (Å²) in [4.78, 5) is 18.5. The molecule has 0 aliphatic rings. The fraction of sp³-hybridized carbons (Fsp3) is 0.226. The highest BCUT2D eigenvalue weighted by Gasteiger charge is 2.30. The number of anilines is 1. The third-order valence-electron chi connectivity index (χ3n) is 6.52. The molecule has 1 heterocycles. The summed E-state index contributed by atoms with van der Waals surface area (Å²) in [5.74, 6) is -0.406. The van der Waals surface area contributed by atoms with Crippen LogP contribution in [0.1, 0.15) is 31.4 Å². The first-order chi connectivity index (χ1) is 17.9. The summed E-state index contributed by atoms with van der Waals surface area (Å²) >= 11 is 0. The number of carbonyl (C=O) groups is 1. The predicted octanol–water partition coefficient (Wildman–Crippen LogP) is 6.86. The SMILES string of the molecule is CC(C)(Oc1ccccc1CCCN(Cc1cccc2ccccc12)c1nc2ccccc2o1)C(=O)O. The topological polar surface area (TPSA) is 75.8 Å².